The number of fused-ring (bicyclic) bond motifs is 3. The van der Waals surface area contributed by atoms with Gasteiger partial charge in [-0.25, -0.2) is 9.97 Å². The second-order valence-corrected chi connectivity index (χ2v) is 9.96. The molecule has 5 heterocycles. The van der Waals surface area contributed by atoms with Gasteiger partial charge in [0, 0.05) is 49.1 Å². The normalized spacial score (nSPS) is 22.7. The van der Waals surface area contributed by atoms with Gasteiger partial charge in [0.2, 0.25) is 11.9 Å². The van der Waals surface area contributed by atoms with Gasteiger partial charge < -0.3 is 20.1 Å². The minimum absolute atomic E-state index is 0.133. The van der Waals surface area contributed by atoms with Crippen LogP contribution in [-0.2, 0) is 4.79 Å². The van der Waals surface area contributed by atoms with E-state index in [4.69, 9.17) is 4.98 Å². The number of hydrogen-bond acceptors (Lipinski definition) is 7. The van der Waals surface area contributed by atoms with Gasteiger partial charge in [0.25, 0.3) is 0 Å². The van der Waals surface area contributed by atoms with Crippen LogP contribution in [0.2, 0.25) is 0 Å². The molecule has 1 amide bonds. The molecule has 6 rings (SSSR count). The first-order chi connectivity index (χ1) is 17.1. The summed E-state index contributed by atoms with van der Waals surface area (Å²) in [4.78, 5) is 41.0. The van der Waals surface area contributed by atoms with Crippen molar-refractivity contribution in [3.8, 4) is 0 Å². The molecule has 2 saturated heterocycles. The maximum atomic E-state index is 12.7. The summed E-state index contributed by atoms with van der Waals surface area (Å²) in [5.41, 5.74) is 2.33. The summed E-state index contributed by atoms with van der Waals surface area (Å²) >= 11 is 0. The molecular formula is C26H31N7O2. The number of amides is 1. The summed E-state index contributed by atoms with van der Waals surface area (Å²) in [7, 11) is 0. The molecule has 3 fully saturated rings. The Bertz CT molecular complexity index is 1260. The number of nitrogens with one attached hydrogen (secondary N) is 2. The van der Waals surface area contributed by atoms with Crippen LogP contribution >= 0.6 is 0 Å². The Morgan fingerprint density at radius 2 is 1.94 bits per heavy atom. The monoisotopic (exact) mass is 473 g/mol. The van der Waals surface area contributed by atoms with Crippen LogP contribution in [0, 0.1) is 0 Å². The third-order valence-corrected chi connectivity index (χ3v) is 7.63. The highest BCUT2D eigenvalue weighted by molar-refractivity contribution is 5.99. The van der Waals surface area contributed by atoms with E-state index in [1.807, 2.05) is 30.0 Å². The van der Waals surface area contributed by atoms with Crippen molar-refractivity contribution in [2.45, 2.75) is 76.4 Å². The molecule has 1 aliphatic carbocycles. The summed E-state index contributed by atoms with van der Waals surface area (Å²) < 4.78 is 2.13. The standard InChI is InChI=1S/C26H31N7O2/c1-2-22(34)21-11-16-13-28-26(31-25(16)33(21)19-5-3-4-6-19)30-23-10-9-20(14-27-23)32-15-18-8-7-17(29-18)12-24(32)35/h9-11,13-14,17-19,29H,2-8,12,15H2,1H3,(H,27,28,30,31)/t17-,18+/m0/s1. The smallest absolute Gasteiger partial charge is 0.230 e. The van der Waals surface area contributed by atoms with E-state index in [9.17, 15) is 9.59 Å². The molecule has 0 radical (unpaired) electrons. The minimum atomic E-state index is 0.133. The van der Waals surface area contributed by atoms with Crippen molar-refractivity contribution >= 4 is 40.2 Å². The molecule has 35 heavy (non-hydrogen) atoms. The molecule has 3 aromatic heterocycles. The van der Waals surface area contributed by atoms with Gasteiger partial charge in [-0.1, -0.05) is 19.8 Å². The summed E-state index contributed by atoms with van der Waals surface area (Å²) in [6.45, 7) is 2.58. The fourth-order valence-electron chi connectivity index (χ4n) is 5.83. The lowest BCUT2D eigenvalue weighted by atomic mass is 10.1. The van der Waals surface area contributed by atoms with Crippen LogP contribution in [0.1, 0.15) is 74.8 Å². The van der Waals surface area contributed by atoms with Crippen LogP contribution in [0.5, 0.6) is 0 Å². The SMILES string of the molecule is CCC(=O)c1cc2cnc(Nc3ccc(N4C[C@H]5CC[C@@H](CC4=O)N5)cn3)nc2n1C1CCCC1. The number of rotatable bonds is 6. The first-order valence-electron chi connectivity index (χ1n) is 12.8. The fraction of sp³-hybridized carbons (Fsp3) is 0.500. The Balaban J connectivity index is 1.25. The van der Waals surface area contributed by atoms with Crippen LogP contribution in [0.15, 0.2) is 30.6 Å². The molecule has 2 aliphatic heterocycles. The van der Waals surface area contributed by atoms with Crippen LogP contribution in [0.3, 0.4) is 0 Å². The molecule has 3 aliphatic rings. The number of ketones is 1. The Labute approximate surface area is 204 Å². The van der Waals surface area contributed by atoms with Gasteiger partial charge in [-0.3, -0.25) is 9.59 Å². The molecule has 1 saturated carbocycles. The summed E-state index contributed by atoms with van der Waals surface area (Å²) in [5, 5.41) is 7.62. The van der Waals surface area contributed by atoms with Crippen molar-refractivity contribution in [2.24, 2.45) is 0 Å². The van der Waals surface area contributed by atoms with Crippen molar-refractivity contribution in [2.75, 3.05) is 16.8 Å². The summed E-state index contributed by atoms with van der Waals surface area (Å²) in [5.74, 6) is 1.33. The van der Waals surface area contributed by atoms with Gasteiger partial charge in [-0.2, -0.15) is 4.98 Å². The third kappa shape index (κ3) is 4.18. The van der Waals surface area contributed by atoms with Crippen molar-refractivity contribution in [1.82, 2.24) is 24.8 Å². The lowest BCUT2D eigenvalue weighted by molar-refractivity contribution is -0.118. The van der Waals surface area contributed by atoms with Gasteiger partial charge in [0.15, 0.2) is 5.78 Å². The highest BCUT2D eigenvalue weighted by Crippen LogP contribution is 2.35. The molecular weight excluding hydrogens is 442 g/mol. The van der Waals surface area contributed by atoms with Crippen LogP contribution in [-0.4, -0.2) is 49.8 Å². The molecule has 9 heteroatoms. The van der Waals surface area contributed by atoms with E-state index in [2.05, 4.69) is 25.2 Å². The van der Waals surface area contributed by atoms with Crippen molar-refractivity contribution < 1.29 is 9.59 Å². The average Bonchev–Trinajstić information content (AvgIpc) is 3.60. The molecule has 0 unspecified atom stereocenters. The number of aromatic nitrogens is 4. The lowest BCUT2D eigenvalue weighted by Crippen LogP contribution is -2.37. The number of carbonyl (C=O) groups excluding carboxylic acids is 2. The van der Waals surface area contributed by atoms with Gasteiger partial charge >= 0.3 is 0 Å². The Morgan fingerprint density at radius 1 is 1.11 bits per heavy atom. The van der Waals surface area contributed by atoms with Crippen molar-refractivity contribution in [3.05, 3.63) is 36.3 Å². The van der Waals surface area contributed by atoms with Gasteiger partial charge in [0.05, 0.1) is 17.6 Å². The molecule has 2 N–H and O–H groups in total. The Morgan fingerprint density at radius 3 is 2.71 bits per heavy atom. The highest BCUT2D eigenvalue weighted by atomic mass is 16.2. The van der Waals surface area contributed by atoms with E-state index < -0.39 is 0 Å². The number of carbonyl (C=O) groups is 2. The summed E-state index contributed by atoms with van der Waals surface area (Å²) in [6, 6.07) is 6.66. The van der Waals surface area contributed by atoms with Gasteiger partial charge in [0.1, 0.15) is 11.5 Å². The quantitative estimate of drug-likeness (QED) is 0.519. The number of Topliss-reactive ketones (excluding diaryl/α,β-unsaturated/α-hetero) is 1. The Hall–Kier alpha value is -3.33. The van der Waals surface area contributed by atoms with Crippen molar-refractivity contribution in [1.29, 1.82) is 0 Å². The average molecular weight is 474 g/mol. The molecule has 0 spiro atoms. The fourth-order valence-corrected chi connectivity index (χ4v) is 5.83. The van der Waals surface area contributed by atoms with E-state index in [-0.39, 0.29) is 11.7 Å². The number of nitrogens with zero attached hydrogens (tertiary/aromatic N) is 5. The van der Waals surface area contributed by atoms with E-state index in [0.717, 1.165) is 48.1 Å². The molecule has 9 nitrogen and oxygen atoms in total. The van der Waals surface area contributed by atoms with E-state index in [1.165, 1.54) is 12.8 Å². The van der Waals surface area contributed by atoms with Crippen LogP contribution in [0.25, 0.3) is 11.0 Å². The number of pyridine rings is 1. The number of hydrogen-bond donors (Lipinski definition) is 2. The number of anilines is 3. The zero-order valence-electron chi connectivity index (χ0n) is 20.0. The largest absolute Gasteiger partial charge is 0.320 e. The second kappa shape index (κ2) is 9.03. The zero-order chi connectivity index (χ0) is 23.9. The summed E-state index contributed by atoms with van der Waals surface area (Å²) in [6.07, 6.45) is 11.2. The third-order valence-electron chi connectivity index (χ3n) is 7.63. The molecule has 0 aromatic carbocycles. The zero-order valence-corrected chi connectivity index (χ0v) is 20.0. The minimum Gasteiger partial charge on any atom is -0.320 e. The van der Waals surface area contributed by atoms with Gasteiger partial charge in [-0.15, -0.1) is 0 Å². The predicted molar refractivity (Wildman–Crippen MR) is 134 cm³/mol. The highest BCUT2D eigenvalue weighted by Gasteiger charge is 2.34. The maximum absolute atomic E-state index is 12.7. The molecule has 2 bridgehead atoms. The van der Waals surface area contributed by atoms with E-state index in [0.29, 0.717) is 49.3 Å². The first kappa shape index (κ1) is 22.2. The second-order valence-electron chi connectivity index (χ2n) is 9.96. The molecule has 2 atom stereocenters. The topological polar surface area (TPSA) is 105 Å². The van der Waals surface area contributed by atoms with Crippen LogP contribution in [0.4, 0.5) is 17.5 Å². The van der Waals surface area contributed by atoms with E-state index >= 15 is 0 Å². The van der Waals surface area contributed by atoms with Gasteiger partial charge in [-0.05, 0) is 43.9 Å². The molecule has 3 aromatic rings. The van der Waals surface area contributed by atoms with E-state index in [1.54, 1.807) is 12.4 Å². The van der Waals surface area contributed by atoms with Crippen LogP contribution < -0.4 is 15.5 Å². The Kier molecular flexibility index (Phi) is 5.72. The predicted octanol–water partition coefficient (Wildman–Crippen LogP) is 4.14. The molecule has 182 valence electrons. The lowest BCUT2D eigenvalue weighted by Gasteiger charge is -2.24. The first-order valence-corrected chi connectivity index (χ1v) is 12.8. The maximum Gasteiger partial charge on any atom is 0.230 e. The van der Waals surface area contributed by atoms with Crippen molar-refractivity contribution in [3.63, 3.8) is 0 Å².